The Morgan fingerprint density at radius 1 is 0.963 bits per heavy atom. The van der Waals surface area contributed by atoms with Gasteiger partial charge in [0.25, 0.3) is 5.91 Å². The number of rotatable bonds is 5. The predicted octanol–water partition coefficient (Wildman–Crippen LogP) is 3.73. The van der Waals surface area contributed by atoms with Crippen molar-refractivity contribution < 1.29 is 13.2 Å². The Morgan fingerprint density at radius 2 is 1.48 bits per heavy atom. The van der Waals surface area contributed by atoms with Gasteiger partial charge < -0.3 is 5.32 Å². The SMILES string of the molecule is CC(NC(=O)c1ccc(C(C)(C)C)cc1)c1ccc(S(=O)(=O)N(C)C)cc1. The summed E-state index contributed by atoms with van der Waals surface area (Å²) in [6.45, 7) is 8.26. The Bertz CT molecular complexity index is 894. The minimum Gasteiger partial charge on any atom is -0.346 e. The van der Waals surface area contributed by atoms with Crippen molar-refractivity contribution in [1.29, 1.82) is 0 Å². The second kappa shape index (κ2) is 7.82. The Morgan fingerprint density at radius 3 is 1.93 bits per heavy atom. The molecule has 1 amide bonds. The van der Waals surface area contributed by atoms with Gasteiger partial charge in [0, 0.05) is 19.7 Å². The van der Waals surface area contributed by atoms with Gasteiger partial charge in [-0.05, 0) is 47.7 Å². The van der Waals surface area contributed by atoms with Crippen LogP contribution in [-0.4, -0.2) is 32.7 Å². The van der Waals surface area contributed by atoms with E-state index >= 15 is 0 Å². The fourth-order valence-electron chi connectivity index (χ4n) is 2.62. The summed E-state index contributed by atoms with van der Waals surface area (Å²) in [6, 6.07) is 13.9. The van der Waals surface area contributed by atoms with Crippen molar-refractivity contribution in [3.8, 4) is 0 Å². The zero-order valence-corrected chi connectivity index (χ0v) is 17.6. The molecule has 0 aromatic heterocycles. The normalized spacial score (nSPS) is 13.4. The first-order chi connectivity index (χ1) is 12.4. The molecule has 2 aromatic carbocycles. The molecule has 0 spiro atoms. The second-order valence-corrected chi connectivity index (χ2v) is 10.0. The minimum absolute atomic E-state index is 0.0386. The fourth-order valence-corrected chi connectivity index (χ4v) is 3.53. The van der Waals surface area contributed by atoms with E-state index in [1.807, 2.05) is 31.2 Å². The standard InChI is InChI=1S/C21H28N2O3S/c1-15(16-9-13-19(14-10-16)27(25,26)23(5)6)22-20(24)17-7-11-18(12-8-17)21(2,3)4/h7-15H,1-6H3,(H,22,24). The maximum absolute atomic E-state index is 12.5. The molecule has 2 aromatic rings. The van der Waals surface area contributed by atoms with Gasteiger partial charge in [-0.2, -0.15) is 0 Å². The highest BCUT2D eigenvalue weighted by atomic mass is 32.2. The molecule has 0 heterocycles. The van der Waals surface area contributed by atoms with Gasteiger partial charge in [-0.15, -0.1) is 0 Å². The number of nitrogens with one attached hydrogen (secondary N) is 1. The van der Waals surface area contributed by atoms with E-state index in [4.69, 9.17) is 0 Å². The minimum atomic E-state index is -3.46. The Hall–Kier alpha value is -2.18. The van der Waals surface area contributed by atoms with Crippen molar-refractivity contribution in [2.45, 2.75) is 44.0 Å². The van der Waals surface area contributed by atoms with Crippen molar-refractivity contribution in [1.82, 2.24) is 9.62 Å². The van der Waals surface area contributed by atoms with Crippen molar-refractivity contribution >= 4 is 15.9 Å². The molecule has 27 heavy (non-hydrogen) atoms. The van der Waals surface area contributed by atoms with Crippen LogP contribution in [0.25, 0.3) is 0 Å². The lowest BCUT2D eigenvalue weighted by Crippen LogP contribution is -2.27. The number of nitrogens with zero attached hydrogens (tertiary/aromatic N) is 1. The Labute approximate surface area is 162 Å². The van der Waals surface area contributed by atoms with E-state index in [0.29, 0.717) is 5.56 Å². The summed E-state index contributed by atoms with van der Waals surface area (Å²) in [5, 5.41) is 2.95. The number of amides is 1. The van der Waals surface area contributed by atoms with Crippen molar-refractivity contribution in [3.05, 3.63) is 65.2 Å². The largest absolute Gasteiger partial charge is 0.346 e. The van der Waals surface area contributed by atoms with E-state index in [2.05, 4.69) is 26.1 Å². The molecule has 146 valence electrons. The lowest BCUT2D eigenvalue weighted by atomic mass is 9.86. The lowest BCUT2D eigenvalue weighted by molar-refractivity contribution is 0.0940. The van der Waals surface area contributed by atoms with Gasteiger partial charge in [0.15, 0.2) is 0 Å². The highest BCUT2D eigenvalue weighted by molar-refractivity contribution is 7.89. The molecule has 1 unspecified atom stereocenters. The Kier molecular flexibility index (Phi) is 6.12. The van der Waals surface area contributed by atoms with Crippen LogP contribution >= 0.6 is 0 Å². The summed E-state index contributed by atoms with van der Waals surface area (Å²) in [5.41, 5.74) is 2.65. The summed E-state index contributed by atoms with van der Waals surface area (Å²) < 4.78 is 25.4. The van der Waals surface area contributed by atoms with E-state index < -0.39 is 10.0 Å². The molecule has 0 aliphatic carbocycles. The van der Waals surface area contributed by atoms with Crippen molar-refractivity contribution in [2.75, 3.05) is 14.1 Å². The number of carbonyl (C=O) groups is 1. The van der Waals surface area contributed by atoms with Crippen LogP contribution in [0.2, 0.25) is 0 Å². The van der Waals surface area contributed by atoms with Crippen LogP contribution in [0.1, 0.15) is 55.2 Å². The number of carbonyl (C=O) groups excluding carboxylic acids is 1. The third-order valence-corrected chi connectivity index (χ3v) is 6.35. The summed E-state index contributed by atoms with van der Waals surface area (Å²) in [4.78, 5) is 12.7. The van der Waals surface area contributed by atoms with E-state index in [9.17, 15) is 13.2 Å². The van der Waals surface area contributed by atoms with Crippen LogP contribution in [-0.2, 0) is 15.4 Å². The maximum atomic E-state index is 12.5. The third-order valence-electron chi connectivity index (χ3n) is 4.52. The molecule has 0 saturated heterocycles. The van der Waals surface area contributed by atoms with Crippen LogP contribution in [0.15, 0.2) is 53.4 Å². The first kappa shape index (κ1) is 21.1. The van der Waals surface area contributed by atoms with Crippen LogP contribution in [0.5, 0.6) is 0 Å². The fraction of sp³-hybridized carbons (Fsp3) is 0.381. The highest BCUT2D eigenvalue weighted by Gasteiger charge is 2.18. The molecule has 0 radical (unpaired) electrons. The summed E-state index contributed by atoms with van der Waals surface area (Å²) in [7, 11) is -0.462. The quantitative estimate of drug-likeness (QED) is 0.849. The molecule has 6 heteroatoms. The molecule has 5 nitrogen and oxygen atoms in total. The van der Waals surface area contributed by atoms with Crippen LogP contribution in [0.4, 0.5) is 0 Å². The zero-order chi connectivity index (χ0) is 20.4. The monoisotopic (exact) mass is 388 g/mol. The molecule has 1 N–H and O–H groups in total. The third kappa shape index (κ3) is 4.96. The smallest absolute Gasteiger partial charge is 0.251 e. The average Bonchev–Trinajstić information content (AvgIpc) is 2.61. The van der Waals surface area contributed by atoms with Gasteiger partial charge >= 0.3 is 0 Å². The van der Waals surface area contributed by atoms with Gasteiger partial charge in [-0.3, -0.25) is 4.79 Å². The molecule has 1 atom stereocenters. The Balaban J connectivity index is 2.10. The zero-order valence-electron chi connectivity index (χ0n) is 16.8. The van der Waals surface area contributed by atoms with E-state index in [1.165, 1.54) is 24.0 Å². The van der Waals surface area contributed by atoms with Gasteiger partial charge in [0.2, 0.25) is 10.0 Å². The topological polar surface area (TPSA) is 66.5 Å². The average molecular weight is 389 g/mol. The highest BCUT2D eigenvalue weighted by Crippen LogP contribution is 2.23. The number of sulfonamides is 1. The van der Waals surface area contributed by atoms with Gasteiger partial charge in [0.1, 0.15) is 0 Å². The first-order valence-corrected chi connectivity index (χ1v) is 10.3. The van der Waals surface area contributed by atoms with Crippen molar-refractivity contribution in [3.63, 3.8) is 0 Å². The molecule has 0 fully saturated rings. The summed E-state index contributed by atoms with van der Waals surface area (Å²) >= 11 is 0. The molecule has 0 saturated carbocycles. The second-order valence-electron chi connectivity index (χ2n) is 7.88. The van der Waals surface area contributed by atoms with Gasteiger partial charge in [-0.25, -0.2) is 12.7 Å². The number of hydrogen-bond acceptors (Lipinski definition) is 3. The van der Waals surface area contributed by atoms with Crippen LogP contribution in [0, 0.1) is 0 Å². The molecule has 0 aliphatic heterocycles. The van der Waals surface area contributed by atoms with Crippen molar-refractivity contribution in [2.24, 2.45) is 0 Å². The molecule has 0 aliphatic rings. The molecular weight excluding hydrogens is 360 g/mol. The maximum Gasteiger partial charge on any atom is 0.251 e. The first-order valence-electron chi connectivity index (χ1n) is 8.87. The van der Waals surface area contributed by atoms with Gasteiger partial charge in [-0.1, -0.05) is 45.0 Å². The van der Waals surface area contributed by atoms with Crippen LogP contribution < -0.4 is 5.32 Å². The van der Waals surface area contributed by atoms with E-state index in [1.54, 1.807) is 24.3 Å². The summed E-state index contributed by atoms with van der Waals surface area (Å²) in [6.07, 6.45) is 0. The molecule has 2 rings (SSSR count). The number of hydrogen-bond donors (Lipinski definition) is 1. The molecular formula is C21H28N2O3S. The number of benzene rings is 2. The van der Waals surface area contributed by atoms with E-state index in [-0.39, 0.29) is 22.3 Å². The lowest BCUT2D eigenvalue weighted by Gasteiger charge is -2.19. The van der Waals surface area contributed by atoms with E-state index in [0.717, 1.165) is 5.56 Å². The van der Waals surface area contributed by atoms with Gasteiger partial charge in [0.05, 0.1) is 10.9 Å². The summed E-state index contributed by atoms with van der Waals surface area (Å²) in [5.74, 6) is -0.159. The van der Waals surface area contributed by atoms with Crippen LogP contribution in [0.3, 0.4) is 0 Å². The predicted molar refractivity (Wildman–Crippen MR) is 108 cm³/mol. The molecule has 0 bridgehead atoms.